The van der Waals surface area contributed by atoms with Crippen molar-refractivity contribution in [2.24, 2.45) is 5.16 Å². The SMILES string of the molecule is CC1(C)O[C@H]2O[C@H](/C(CCc3ccc4ccccc4c3)=N\O)[C@H](O)[C@H]2O1. The predicted molar refractivity (Wildman–Crippen MR) is 96.2 cm³/mol. The lowest BCUT2D eigenvalue weighted by Gasteiger charge is -2.23. The van der Waals surface area contributed by atoms with Crippen molar-refractivity contribution in [1.29, 1.82) is 0 Å². The lowest BCUT2D eigenvalue weighted by atomic mass is 9.98. The normalized spacial score (nSPS) is 30.7. The maximum Gasteiger partial charge on any atom is 0.190 e. The zero-order valence-electron chi connectivity index (χ0n) is 14.8. The largest absolute Gasteiger partial charge is 0.411 e. The van der Waals surface area contributed by atoms with E-state index in [-0.39, 0.29) is 0 Å². The minimum Gasteiger partial charge on any atom is -0.411 e. The van der Waals surface area contributed by atoms with Crippen LogP contribution in [-0.2, 0) is 20.6 Å². The van der Waals surface area contributed by atoms with Crippen LogP contribution in [0.3, 0.4) is 0 Å². The van der Waals surface area contributed by atoms with Crippen molar-refractivity contribution in [3.63, 3.8) is 0 Å². The number of hydrogen-bond donors (Lipinski definition) is 2. The summed E-state index contributed by atoms with van der Waals surface area (Å²) in [6, 6.07) is 14.4. The molecule has 0 radical (unpaired) electrons. The standard InChI is InChI=1S/C20H23NO5/c1-20(2)25-18-16(22)17(24-19(18)26-20)15(21-23)10-8-12-7-9-13-5-3-4-6-14(13)11-12/h3-7,9,11,16-19,22-23H,8,10H2,1-2H3/b21-15-/t16-,17+,18+,19+/m0/s1. The summed E-state index contributed by atoms with van der Waals surface area (Å²) in [6.07, 6.45) is -1.73. The van der Waals surface area contributed by atoms with Gasteiger partial charge in [-0.25, -0.2) is 0 Å². The van der Waals surface area contributed by atoms with E-state index in [1.807, 2.05) is 12.1 Å². The summed E-state index contributed by atoms with van der Waals surface area (Å²) in [5.41, 5.74) is 1.52. The zero-order chi connectivity index (χ0) is 18.3. The number of oxime groups is 1. The zero-order valence-corrected chi connectivity index (χ0v) is 14.8. The first-order valence-electron chi connectivity index (χ1n) is 8.84. The molecule has 0 aliphatic carbocycles. The second-order valence-electron chi connectivity index (χ2n) is 7.29. The molecular weight excluding hydrogens is 334 g/mol. The first kappa shape index (κ1) is 17.4. The number of rotatable bonds is 4. The third-order valence-corrected chi connectivity index (χ3v) is 4.96. The highest BCUT2D eigenvalue weighted by Gasteiger charge is 2.55. The van der Waals surface area contributed by atoms with E-state index in [2.05, 4.69) is 35.5 Å². The molecule has 2 aliphatic rings. The summed E-state index contributed by atoms with van der Waals surface area (Å²) in [4.78, 5) is 0. The molecule has 0 bridgehead atoms. The molecule has 4 atom stereocenters. The third kappa shape index (κ3) is 3.21. The maximum atomic E-state index is 10.5. The van der Waals surface area contributed by atoms with Crippen LogP contribution < -0.4 is 0 Å². The minimum atomic E-state index is -0.927. The van der Waals surface area contributed by atoms with E-state index in [4.69, 9.17) is 14.2 Å². The smallest absolute Gasteiger partial charge is 0.190 e. The molecule has 26 heavy (non-hydrogen) atoms. The third-order valence-electron chi connectivity index (χ3n) is 4.96. The summed E-state index contributed by atoms with van der Waals surface area (Å²) in [5.74, 6) is -0.789. The summed E-state index contributed by atoms with van der Waals surface area (Å²) < 4.78 is 17.1. The van der Waals surface area contributed by atoms with Crippen LogP contribution in [0.15, 0.2) is 47.6 Å². The average molecular weight is 357 g/mol. The molecule has 2 N–H and O–H groups in total. The van der Waals surface area contributed by atoms with Crippen LogP contribution in [0.25, 0.3) is 10.8 Å². The number of aliphatic hydroxyl groups excluding tert-OH is 1. The molecule has 6 heteroatoms. The van der Waals surface area contributed by atoms with Crippen LogP contribution >= 0.6 is 0 Å². The summed E-state index contributed by atoms with van der Waals surface area (Å²) in [5, 5.41) is 25.7. The van der Waals surface area contributed by atoms with Crippen LogP contribution in [0.5, 0.6) is 0 Å². The molecule has 2 aromatic carbocycles. The lowest BCUT2D eigenvalue weighted by molar-refractivity contribution is -0.207. The number of aliphatic hydroxyl groups is 1. The molecule has 4 rings (SSSR count). The highest BCUT2D eigenvalue weighted by atomic mass is 16.8. The van der Waals surface area contributed by atoms with Crippen molar-refractivity contribution >= 4 is 16.5 Å². The van der Waals surface area contributed by atoms with E-state index in [9.17, 15) is 10.3 Å². The molecular formula is C20H23NO5. The first-order valence-corrected chi connectivity index (χ1v) is 8.84. The van der Waals surface area contributed by atoms with Crippen molar-refractivity contribution in [2.45, 2.75) is 57.1 Å². The van der Waals surface area contributed by atoms with Crippen molar-refractivity contribution in [2.75, 3.05) is 0 Å². The Bertz CT molecular complexity index is 834. The number of hydrogen-bond acceptors (Lipinski definition) is 6. The fourth-order valence-corrected chi connectivity index (χ4v) is 3.68. The van der Waals surface area contributed by atoms with Crippen LogP contribution in [-0.4, -0.2) is 46.4 Å². The summed E-state index contributed by atoms with van der Waals surface area (Å²) >= 11 is 0. The van der Waals surface area contributed by atoms with Gasteiger partial charge in [-0.3, -0.25) is 0 Å². The first-order chi connectivity index (χ1) is 12.5. The molecule has 2 fully saturated rings. The molecule has 0 saturated carbocycles. The van der Waals surface area contributed by atoms with Gasteiger partial charge < -0.3 is 24.5 Å². The number of fused-ring (bicyclic) bond motifs is 2. The minimum absolute atomic E-state index is 0.394. The monoisotopic (exact) mass is 357 g/mol. The average Bonchev–Trinajstić information content (AvgIpc) is 3.08. The number of aryl methyl sites for hydroxylation is 1. The van der Waals surface area contributed by atoms with Crippen molar-refractivity contribution < 1.29 is 24.5 Å². The van der Waals surface area contributed by atoms with Gasteiger partial charge in [0.1, 0.15) is 18.3 Å². The molecule has 2 aromatic rings. The molecule has 0 aromatic heterocycles. The molecule has 0 unspecified atom stereocenters. The quantitative estimate of drug-likeness (QED) is 0.500. The van der Waals surface area contributed by atoms with Crippen LogP contribution in [0.4, 0.5) is 0 Å². The van der Waals surface area contributed by atoms with Crippen LogP contribution in [0.2, 0.25) is 0 Å². The Kier molecular flexibility index (Phi) is 4.44. The Morgan fingerprint density at radius 2 is 1.88 bits per heavy atom. The highest BCUT2D eigenvalue weighted by molar-refractivity contribution is 5.89. The van der Waals surface area contributed by atoms with E-state index < -0.39 is 30.4 Å². The van der Waals surface area contributed by atoms with Crippen molar-refractivity contribution in [3.8, 4) is 0 Å². The Morgan fingerprint density at radius 3 is 2.62 bits per heavy atom. The van der Waals surface area contributed by atoms with Gasteiger partial charge in [0.05, 0.1) is 5.71 Å². The van der Waals surface area contributed by atoms with Gasteiger partial charge in [0, 0.05) is 0 Å². The van der Waals surface area contributed by atoms with Gasteiger partial charge in [-0.2, -0.15) is 0 Å². The number of benzene rings is 2. The number of ether oxygens (including phenoxy) is 3. The predicted octanol–water partition coefficient (Wildman–Crippen LogP) is 2.84. The van der Waals surface area contributed by atoms with Gasteiger partial charge in [-0.1, -0.05) is 47.6 Å². The van der Waals surface area contributed by atoms with Gasteiger partial charge in [0.15, 0.2) is 12.1 Å². The van der Waals surface area contributed by atoms with Gasteiger partial charge in [0.2, 0.25) is 0 Å². The van der Waals surface area contributed by atoms with Crippen molar-refractivity contribution in [3.05, 3.63) is 48.0 Å². The fraction of sp³-hybridized carbons (Fsp3) is 0.450. The summed E-state index contributed by atoms with van der Waals surface area (Å²) in [7, 11) is 0. The van der Waals surface area contributed by atoms with Crippen LogP contribution in [0.1, 0.15) is 25.8 Å². The molecule has 2 heterocycles. The van der Waals surface area contributed by atoms with Crippen molar-refractivity contribution in [1.82, 2.24) is 0 Å². The van der Waals surface area contributed by atoms with E-state index >= 15 is 0 Å². The Labute approximate surface area is 152 Å². The van der Waals surface area contributed by atoms with Gasteiger partial charge in [-0.15, -0.1) is 0 Å². The Balaban J connectivity index is 1.44. The van der Waals surface area contributed by atoms with Gasteiger partial charge in [0.25, 0.3) is 0 Å². The Hall–Kier alpha value is -1.99. The van der Waals surface area contributed by atoms with Crippen LogP contribution in [0, 0.1) is 0 Å². The lowest BCUT2D eigenvalue weighted by Crippen LogP contribution is -2.38. The molecule has 2 saturated heterocycles. The highest BCUT2D eigenvalue weighted by Crippen LogP contribution is 2.38. The van der Waals surface area contributed by atoms with E-state index in [0.29, 0.717) is 18.6 Å². The topological polar surface area (TPSA) is 80.5 Å². The fourth-order valence-electron chi connectivity index (χ4n) is 3.68. The van der Waals surface area contributed by atoms with E-state index in [1.54, 1.807) is 13.8 Å². The molecule has 0 amide bonds. The Morgan fingerprint density at radius 1 is 1.12 bits per heavy atom. The van der Waals surface area contributed by atoms with E-state index in [0.717, 1.165) is 5.56 Å². The summed E-state index contributed by atoms with van der Waals surface area (Å²) in [6.45, 7) is 3.55. The second-order valence-corrected chi connectivity index (χ2v) is 7.29. The maximum absolute atomic E-state index is 10.5. The molecule has 6 nitrogen and oxygen atoms in total. The van der Waals surface area contributed by atoms with E-state index in [1.165, 1.54) is 10.8 Å². The van der Waals surface area contributed by atoms with Gasteiger partial charge in [-0.05, 0) is 43.0 Å². The molecule has 0 spiro atoms. The second kappa shape index (κ2) is 6.63. The van der Waals surface area contributed by atoms with Gasteiger partial charge >= 0.3 is 0 Å². The molecule has 2 aliphatic heterocycles. The molecule has 138 valence electrons. The number of nitrogens with zero attached hydrogens (tertiary/aromatic N) is 1.